The first-order valence-electron chi connectivity index (χ1n) is 10.6. The van der Waals surface area contributed by atoms with Gasteiger partial charge in [-0.05, 0) is 67.2 Å². The lowest BCUT2D eigenvalue weighted by Gasteiger charge is -2.15. The second-order valence-electron chi connectivity index (χ2n) is 7.68. The van der Waals surface area contributed by atoms with E-state index in [1.54, 1.807) is 30.6 Å². The Labute approximate surface area is 204 Å². The predicted octanol–water partition coefficient (Wildman–Crippen LogP) is 4.23. The number of aromatic nitrogens is 2. The standard InChI is InChI=1S/C24H20F3N5O3S/c1-28-36(34,35)18-7-9-20(32-17-5-3-16(4-6-17)24(25,26)27)19(13-18)23(33)31-14-15-2-8-21-22(12-15)30-11-10-29-21/h2-13,28,32H,14H2,1H3,(H,31,33). The largest absolute Gasteiger partial charge is 0.416 e. The molecule has 3 N–H and O–H groups in total. The molecule has 4 aromatic rings. The zero-order chi connectivity index (χ0) is 25.9. The van der Waals surface area contributed by atoms with Crippen LogP contribution in [0, 0.1) is 0 Å². The molecule has 0 saturated heterocycles. The van der Waals surface area contributed by atoms with Crippen LogP contribution in [0.15, 0.2) is 78.0 Å². The minimum absolute atomic E-state index is 0.00759. The first-order chi connectivity index (χ1) is 17.1. The second-order valence-corrected chi connectivity index (χ2v) is 9.56. The van der Waals surface area contributed by atoms with Crippen LogP contribution in [-0.4, -0.2) is 31.3 Å². The van der Waals surface area contributed by atoms with E-state index < -0.39 is 27.7 Å². The number of hydrogen-bond acceptors (Lipinski definition) is 6. The van der Waals surface area contributed by atoms with Crippen molar-refractivity contribution in [3.63, 3.8) is 0 Å². The first kappa shape index (κ1) is 25.1. The molecule has 4 rings (SSSR count). The van der Waals surface area contributed by atoms with Crippen molar-refractivity contribution < 1.29 is 26.4 Å². The molecule has 0 aliphatic heterocycles. The van der Waals surface area contributed by atoms with Crippen molar-refractivity contribution in [1.82, 2.24) is 20.0 Å². The number of fused-ring (bicyclic) bond motifs is 1. The molecule has 8 nitrogen and oxygen atoms in total. The Bertz CT molecular complexity index is 1520. The molecule has 12 heteroatoms. The van der Waals surface area contributed by atoms with Crippen molar-refractivity contribution in [2.75, 3.05) is 12.4 Å². The van der Waals surface area contributed by atoms with E-state index in [1.807, 2.05) is 0 Å². The number of anilines is 2. The van der Waals surface area contributed by atoms with E-state index in [-0.39, 0.29) is 28.4 Å². The van der Waals surface area contributed by atoms with E-state index in [0.29, 0.717) is 11.0 Å². The summed E-state index contributed by atoms with van der Waals surface area (Å²) in [7, 11) is -2.61. The lowest BCUT2D eigenvalue weighted by atomic mass is 10.1. The van der Waals surface area contributed by atoms with E-state index in [9.17, 15) is 26.4 Å². The van der Waals surface area contributed by atoms with Crippen molar-refractivity contribution >= 4 is 38.3 Å². The summed E-state index contributed by atoms with van der Waals surface area (Å²) in [6.07, 6.45) is -1.36. The number of nitrogens with zero attached hydrogens (tertiary/aromatic N) is 2. The van der Waals surface area contributed by atoms with Crippen molar-refractivity contribution in [3.05, 3.63) is 89.7 Å². The molecule has 0 aliphatic carbocycles. The molecular formula is C24H20F3N5O3S. The highest BCUT2D eigenvalue weighted by molar-refractivity contribution is 7.89. The molecule has 1 amide bonds. The minimum Gasteiger partial charge on any atom is -0.355 e. The summed E-state index contributed by atoms with van der Waals surface area (Å²) in [6, 6.07) is 13.4. The quantitative estimate of drug-likeness (QED) is 0.340. The number of benzene rings is 3. The van der Waals surface area contributed by atoms with Gasteiger partial charge in [0.15, 0.2) is 0 Å². The Hall–Kier alpha value is -4.03. The number of carbonyl (C=O) groups excluding carboxylic acids is 1. The number of amides is 1. The molecule has 1 heterocycles. The number of rotatable bonds is 7. The third-order valence-corrected chi connectivity index (χ3v) is 6.70. The normalized spacial score (nSPS) is 11.9. The molecule has 3 aromatic carbocycles. The Kier molecular flexibility index (Phi) is 6.91. The number of alkyl halides is 3. The van der Waals surface area contributed by atoms with Crippen LogP contribution in [-0.2, 0) is 22.7 Å². The van der Waals surface area contributed by atoms with Gasteiger partial charge in [-0.2, -0.15) is 13.2 Å². The van der Waals surface area contributed by atoms with E-state index in [0.717, 1.165) is 17.7 Å². The van der Waals surface area contributed by atoms with Crippen LogP contribution in [0.1, 0.15) is 21.5 Å². The summed E-state index contributed by atoms with van der Waals surface area (Å²) in [6.45, 7) is 0.119. The average molecular weight is 516 g/mol. The molecule has 1 aromatic heterocycles. The van der Waals surface area contributed by atoms with Gasteiger partial charge in [-0.3, -0.25) is 14.8 Å². The summed E-state index contributed by atoms with van der Waals surface area (Å²) in [5.74, 6) is -0.586. The van der Waals surface area contributed by atoms with Gasteiger partial charge in [-0.25, -0.2) is 13.1 Å². The van der Waals surface area contributed by atoms with Gasteiger partial charge in [0.05, 0.1) is 32.7 Å². The predicted molar refractivity (Wildman–Crippen MR) is 128 cm³/mol. The molecule has 0 aliphatic rings. The van der Waals surface area contributed by atoms with Crippen LogP contribution in [0.25, 0.3) is 11.0 Å². The van der Waals surface area contributed by atoms with Crippen LogP contribution >= 0.6 is 0 Å². The van der Waals surface area contributed by atoms with E-state index in [2.05, 4.69) is 25.3 Å². The third-order valence-electron chi connectivity index (χ3n) is 5.29. The van der Waals surface area contributed by atoms with Crippen LogP contribution in [0.3, 0.4) is 0 Å². The lowest BCUT2D eigenvalue weighted by Crippen LogP contribution is -2.25. The zero-order valence-electron chi connectivity index (χ0n) is 18.8. The van der Waals surface area contributed by atoms with E-state index in [4.69, 9.17) is 0 Å². The van der Waals surface area contributed by atoms with Gasteiger partial charge in [0, 0.05) is 24.6 Å². The van der Waals surface area contributed by atoms with Crippen molar-refractivity contribution in [2.24, 2.45) is 0 Å². The Morgan fingerprint density at radius 1 is 0.917 bits per heavy atom. The number of halogens is 3. The number of carbonyl (C=O) groups is 1. The van der Waals surface area contributed by atoms with Gasteiger partial charge in [-0.1, -0.05) is 6.07 Å². The highest BCUT2D eigenvalue weighted by atomic mass is 32.2. The maximum Gasteiger partial charge on any atom is 0.416 e. The molecule has 0 fully saturated rings. The van der Waals surface area contributed by atoms with Gasteiger partial charge in [0.2, 0.25) is 10.0 Å². The number of hydrogen-bond donors (Lipinski definition) is 3. The fourth-order valence-electron chi connectivity index (χ4n) is 3.40. The summed E-state index contributed by atoms with van der Waals surface area (Å²) >= 11 is 0. The first-order valence-corrected chi connectivity index (χ1v) is 12.0. The molecule has 0 atom stereocenters. The monoisotopic (exact) mass is 515 g/mol. The fraction of sp³-hybridized carbons (Fsp3) is 0.125. The summed E-state index contributed by atoms with van der Waals surface area (Å²) in [5.41, 5.74) is 1.76. The molecule has 36 heavy (non-hydrogen) atoms. The van der Waals surface area contributed by atoms with Crippen LogP contribution < -0.4 is 15.4 Å². The molecule has 0 saturated carbocycles. The van der Waals surface area contributed by atoms with Crippen molar-refractivity contribution in [3.8, 4) is 0 Å². The van der Waals surface area contributed by atoms with Gasteiger partial charge in [0.25, 0.3) is 5.91 Å². The minimum atomic E-state index is -4.49. The smallest absolute Gasteiger partial charge is 0.355 e. The third kappa shape index (κ3) is 5.61. The maximum atomic E-state index is 13.1. The topological polar surface area (TPSA) is 113 Å². The highest BCUT2D eigenvalue weighted by Crippen LogP contribution is 2.31. The van der Waals surface area contributed by atoms with Gasteiger partial charge >= 0.3 is 6.18 Å². The van der Waals surface area contributed by atoms with Crippen LogP contribution in [0.4, 0.5) is 24.5 Å². The molecule has 0 bridgehead atoms. The summed E-state index contributed by atoms with van der Waals surface area (Å²) in [4.78, 5) is 21.4. The Morgan fingerprint density at radius 2 is 1.61 bits per heavy atom. The summed E-state index contributed by atoms with van der Waals surface area (Å²) in [5, 5.41) is 5.63. The fourth-order valence-corrected chi connectivity index (χ4v) is 4.16. The maximum absolute atomic E-state index is 13.1. The molecule has 0 spiro atoms. The van der Waals surface area contributed by atoms with Gasteiger partial charge < -0.3 is 10.6 Å². The van der Waals surface area contributed by atoms with Crippen molar-refractivity contribution in [1.29, 1.82) is 0 Å². The highest BCUT2D eigenvalue weighted by Gasteiger charge is 2.30. The molecular weight excluding hydrogens is 495 g/mol. The summed E-state index contributed by atoms with van der Waals surface area (Å²) < 4.78 is 65.4. The Morgan fingerprint density at radius 3 is 2.28 bits per heavy atom. The number of nitrogens with one attached hydrogen (secondary N) is 3. The molecule has 186 valence electrons. The van der Waals surface area contributed by atoms with E-state index in [1.165, 1.54) is 37.4 Å². The Balaban J connectivity index is 1.61. The number of sulfonamides is 1. The average Bonchev–Trinajstić information content (AvgIpc) is 2.87. The molecule has 0 radical (unpaired) electrons. The SMILES string of the molecule is CNS(=O)(=O)c1ccc(Nc2ccc(C(F)(F)F)cc2)c(C(=O)NCc2ccc3nccnc3c2)c1. The van der Waals surface area contributed by atoms with Crippen LogP contribution in [0.5, 0.6) is 0 Å². The second kappa shape index (κ2) is 9.91. The van der Waals surface area contributed by atoms with Crippen LogP contribution in [0.2, 0.25) is 0 Å². The van der Waals surface area contributed by atoms with Crippen molar-refractivity contribution in [2.45, 2.75) is 17.6 Å². The molecule has 0 unspecified atom stereocenters. The van der Waals surface area contributed by atoms with E-state index >= 15 is 0 Å². The van der Waals surface area contributed by atoms with Gasteiger partial charge in [0.1, 0.15) is 0 Å². The van der Waals surface area contributed by atoms with Gasteiger partial charge in [-0.15, -0.1) is 0 Å². The lowest BCUT2D eigenvalue weighted by molar-refractivity contribution is -0.137. The zero-order valence-corrected chi connectivity index (χ0v) is 19.6.